The van der Waals surface area contributed by atoms with E-state index in [0.29, 0.717) is 31.2 Å². The minimum Gasteiger partial charge on any atom is -0.486 e. The van der Waals surface area contributed by atoms with Gasteiger partial charge in [0.05, 0.1) is 6.04 Å². The van der Waals surface area contributed by atoms with Gasteiger partial charge in [0, 0.05) is 17.1 Å². The van der Waals surface area contributed by atoms with Crippen LogP contribution in [0.4, 0.5) is 0 Å². The molecule has 1 aliphatic heterocycles. The van der Waals surface area contributed by atoms with Crippen molar-refractivity contribution in [1.82, 2.24) is 20.5 Å². The molecule has 7 nitrogen and oxygen atoms in total. The number of carbonyl (C=O) groups excluding carboxylic acids is 1. The van der Waals surface area contributed by atoms with Gasteiger partial charge in [-0.2, -0.15) is 5.10 Å². The molecule has 1 aromatic carbocycles. The van der Waals surface area contributed by atoms with Crippen LogP contribution in [0.15, 0.2) is 29.4 Å². The second-order valence-electron chi connectivity index (χ2n) is 5.06. The van der Waals surface area contributed by atoms with Crippen molar-refractivity contribution in [2.24, 2.45) is 0 Å². The highest BCUT2D eigenvalue weighted by Crippen LogP contribution is 2.34. The molecule has 1 aromatic heterocycles. The van der Waals surface area contributed by atoms with E-state index in [9.17, 15) is 4.79 Å². The summed E-state index contributed by atoms with van der Waals surface area (Å²) in [6, 6.07) is 5.66. The van der Waals surface area contributed by atoms with Gasteiger partial charge in [-0.05, 0) is 25.1 Å². The predicted molar refractivity (Wildman–Crippen MR) is 85.7 cm³/mol. The Balaban J connectivity index is 1.45. The molecular formula is C15H18N4O3S. The summed E-state index contributed by atoms with van der Waals surface area (Å²) in [5.41, 5.74) is 0. The van der Waals surface area contributed by atoms with Crippen molar-refractivity contribution in [2.45, 2.75) is 24.3 Å². The summed E-state index contributed by atoms with van der Waals surface area (Å²) in [6.07, 6.45) is 1.85. The van der Waals surface area contributed by atoms with Crippen LogP contribution in [-0.2, 0) is 4.79 Å². The third-order valence-electron chi connectivity index (χ3n) is 3.33. The quantitative estimate of drug-likeness (QED) is 0.785. The summed E-state index contributed by atoms with van der Waals surface area (Å²) < 4.78 is 11.0. The van der Waals surface area contributed by atoms with E-state index in [1.165, 1.54) is 6.33 Å². The van der Waals surface area contributed by atoms with Crippen LogP contribution >= 0.6 is 11.8 Å². The number of nitrogens with zero attached hydrogens (tertiary/aromatic N) is 2. The molecule has 8 heteroatoms. The summed E-state index contributed by atoms with van der Waals surface area (Å²) in [7, 11) is 0. The lowest BCUT2D eigenvalue weighted by Gasteiger charge is -2.18. The van der Waals surface area contributed by atoms with Crippen LogP contribution in [0.1, 0.15) is 25.2 Å². The third-order valence-corrected chi connectivity index (χ3v) is 4.33. The van der Waals surface area contributed by atoms with Crippen LogP contribution in [0.2, 0.25) is 0 Å². The number of benzene rings is 1. The van der Waals surface area contributed by atoms with E-state index in [1.807, 2.05) is 25.1 Å². The van der Waals surface area contributed by atoms with E-state index in [1.54, 1.807) is 11.8 Å². The molecule has 122 valence electrons. The molecule has 3 rings (SSSR count). The fraction of sp³-hybridized carbons (Fsp3) is 0.400. The smallest absolute Gasteiger partial charge is 0.221 e. The Morgan fingerprint density at radius 1 is 1.39 bits per heavy atom. The Bertz CT molecular complexity index is 663. The Hall–Kier alpha value is -2.22. The molecule has 23 heavy (non-hydrogen) atoms. The molecule has 0 saturated carbocycles. The number of nitrogens with one attached hydrogen (secondary N) is 2. The first kappa shape index (κ1) is 15.7. The molecule has 1 aliphatic rings. The van der Waals surface area contributed by atoms with Gasteiger partial charge in [-0.15, -0.1) is 11.8 Å². The first-order valence-electron chi connectivity index (χ1n) is 7.39. The van der Waals surface area contributed by atoms with E-state index in [2.05, 4.69) is 20.5 Å². The lowest BCUT2D eigenvalue weighted by atomic mass is 10.3. The van der Waals surface area contributed by atoms with Gasteiger partial charge in [0.2, 0.25) is 5.91 Å². The van der Waals surface area contributed by atoms with Crippen molar-refractivity contribution in [3.05, 3.63) is 30.4 Å². The van der Waals surface area contributed by atoms with Crippen LogP contribution in [-0.4, -0.2) is 40.1 Å². The highest BCUT2D eigenvalue weighted by atomic mass is 32.2. The molecule has 1 amide bonds. The zero-order chi connectivity index (χ0) is 16.1. The minimum atomic E-state index is -0.177. The monoisotopic (exact) mass is 334 g/mol. The normalized spacial score (nSPS) is 14.3. The van der Waals surface area contributed by atoms with E-state index in [0.717, 1.165) is 16.4 Å². The Kier molecular flexibility index (Phi) is 5.02. The van der Waals surface area contributed by atoms with Crippen LogP contribution in [0, 0.1) is 0 Å². The first-order valence-corrected chi connectivity index (χ1v) is 8.38. The maximum Gasteiger partial charge on any atom is 0.221 e. The number of thioether (sulfide) groups is 1. The first-order chi connectivity index (χ1) is 11.2. The zero-order valence-corrected chi connectivity index (χ0v) is 13.6. The largest absolute Gasteiger partial charge is 0.486 e. The average molecular weight is 334 g/mol. The fourth-order valence-corrected chi connectivity index (χ4v) is 3.06. The van der Waals surface area contributed by atoms with Crippen molar-refractivity contribution in [3.8, 4) is 11.5 Å². The van der Waals surface area contributed by atoms with Crippen molar-refractivity contribution in [3.63, 3.8) is 0 Å². The van der Waals surface area contributed by atoms with Crippen LogP contribution in [0.5, 0.6) is 11.5 Å². The zero-order valence-electron chi connectivity index (χ0n) is 12.7. The number of aromatic nitrogens is 3. The van der Waals surface area contributed by atoms with Gasteiger partial charge in [0.15, 0.2) is 11.5 Å². The van der Waals surface area contributed by atoms with E-state index >= 15 is 0 Å². The molecule has 0 bridgehead atoms. The molecule has 0 fully saturated rings. The predicted octanol–water partition coefficient (Wildman–Crippen LogP) is 1.94. The number of hydrogen-bond donors (Lipinski definition) is 2. The molecule has 1 atom stereocenters. The van der Waals surface area contributed by atoms with Gasteiger partial charge in [-0.25, -0.2) is 4.98 Å². The number of fused-ring (bicyclic) bond motifs is 1. The maximum absolute atomic E-state index is 11.9. The van der Waals surface area contributed by atoms with Gasteiger partial charge in [0.1, 0.15) is 25.4 Å². The third kappa shape index (κ3) is 4.16. The summed E-state index contributed by atoms with van der Waals surface area (Å²) in [5, 5.41) is 9.41. The summed E-state index contributed by atoms with van der Waals surface area (Å²) in [5.74, 6) is 2.87. The second kappa shape index (κ2) is 7.36. The average Bonchev–Trinajstić information content (AvgIpc) is 3.09. The fourth-order valence-electron chi connectivity index (χ4n) is 2.18. The Morgan fingerprint density at radius 2 is 2.22 bits per heavy atom. The SMILES string of the molecule is C[C@@H](NC(=O)CCSc1ccc2c(c1)OCCO2)c1ncn[nH]1. The topological polar surface area (TPSA) is 89.1 Å². The molecule has 0 unspecified atom stereocenters. The molecule has 2 N–H and O–H groups in total. The molecular weight excluding hydrogens is 316 g/mol. The molecule has 0 aliphatic carbocycles. The Labute approximate surface area is 138 Å². The lowest BCUT2D eigenvalue weighted by Crippen LogP contribution is -2.27. The number of H-pyrrole nitrogens is 1. The second-order valence-corrected chi connectivity index (χ2v) is 6.23. The van der Waals surface area contributed by atoms with E-state index in [4.69, 9.17) is 9.47 Å². The molecule has 0 spiro atoms. The number of amides is 1. The van der Waals surface area contributed by atoms with Gasteiger partial charge in [-0.1, -0.05) is 0 Å². The van der Waals surface area contributed by atoms with Gasteiger partial charge >= 0.3 is 0 Å². The maximum atomic E-state index is 11.9. The molecule has 2 aromatic rings. The van der Waals surface area contributed by atoms with Gasteiger partial charge in [-0.3, -0.25) is 9.89 Å². The van der Waals surface area contributed by atoms with Gasteiger partial charge < -0.3 is 14.8 Å². The Morgan fingerprint density at radius 3 is 3.00 bits per heavy atom. The van der Waals surface area contributed by atoms with Crippen LogP contribution in [0.3, 0.4) is 0 Å². The molecule has 0 radical (unpaired) electrons. The molecule has 0 saturated heterocycles. The van der Waals surface area contributed by atoms with Crippen molar-refractivity contribution < 1.29 is 14.3 Å². The standard InChI is InChI=1S/C15H18N4O3S/c1-10(15-16-9-17-19-15)18-14(20)4-7-23-11-2-3-12-13(8-11)22-6-5-21-12/h2-3,8-10H,4-7H2,1H3,(H,18,20)(H,16,17,19)/t10-/m1/s1. The highest BCUT2D eigenvalue weighted by Gasteiger charge is 2.13. The van der Waals surface area contributed by atoms with Crippen LogP contribution < -0.4 is 14.8 Å². The summed E-state index contributed by atoms with van der Waals surface area (Å²) in [4.78, 5) is 17.0. The van der Waals surface area contributed by atoms with Crippen molar-refractivity contribution >= 4 is 17.7 Å². The van der Waals surface area contributed by atoms with Gasteiger partial charge in [0.25, 0.3) is 0 Å². The minimum absolute atomic E-state index is 0.0149. The van der Waals surface area contributed by atoms with Crippen molar-refractivity contribution in [2.75, 3.05) is 19.0 Å². The van der Waals surface area contributed by atoms with E-state index in [-0.39, 0.29) is 11.9 Å². The number of rotatable bonds is 6. The van der Waals surface area contributed by atoms with Crippen molar-refractivity contribution in [1.29, 1.82) is 0 Å². The highest BCUT2D eigenvalue weighted by molar-refractivity contribution is 7.99. The molecule has 2 heterocycles. The summed E-state index contributed by atoms with van der Waals surface area (Å²) >= 11 is 1.61. The number of aromatic amines is 1. The number of hydrogen-bond acceptors (Lipinski definition) is 6. The number of ether oxygens (including phenoxy) is 2. The van der Waals surface area contributed by atoms with Crippen LogP contribution in [0.25, 0.3) is 0 Å². The summed E-state index contributed by atoms with van der Waals surface area (Å²) in [6.45, 7) is 3.03. The number of carbonyl (C=O) groups is 1. The lowest BCUT2D eigenvalue weighted by molar-refractivity contribution is -0.121. The van der Waals surface area contributed by atoms with E-state index < -0.39 is 0 Å².